The number of nitrogens with zero attached hydrogens (tertiary/aromatic N) is 2. The quantitative estimate of drug-likeness (QED) is 0.688. The average molecular weight is 413 g/mol. The summed E-state index contributed by atoms with van der Waals surface area (Å²) in [6.45, 7) is 4.02. The molecule has 1 spiro atoms. The molecule has 1 aromatic carbocycles. The van der Waals surface area contributed by atoms with E-state index in [9.17, 15) is 4.79 Å². The highest BCUT2D eigenvalue weighted by atomic mass is 35.5. The number of carbonyl (C=O) groups excluding carboxylic acids is 1. The lowest BCUT2D eigenvalue weighted by Crippen LogP contribution is -2.57. The van der Waals surface area contributed by atoms with Gasteiger partial charge in [-0.3, -0.25) is 9.78 Å². The van der Waals surface area contributed by atoms with E-state index in [-0.39, 0.29) is 17.6 Å². The zero-order valence-corrected chi connectivity index (χ0v) is 17.3. The first-order valence-electron chi connectivity index (χ1n) is 10.4. The molecule has 0 N–H and O–H groups in total. The molecule has 4 heterocycles. The number of rotatable bonds is 1. The van der Waals surface area contributed by atoms with Gasteiger partial charge < -0.3 is 14.4 Å². The Hall–Kier alpha value is -2.11. The van der Waals surface area contributed by atoms with Crippen molar-refractivity contribution in [2.75, 3.05) is 19.7 Å². The third-order valence-corrected chi connectivity index (χ3v) is 6.96. The van der Waals surface area contributed by atoms with Gasteiger partial charge in [-0.2, -0.15) is 0 Å². The van der Waals surface area contributed by atoms with Crippen LogP contribution in [0.15, 0.2) is 36.5 Å². The zero-order valence-electron chi connectivity index (χ0n) is 16.6. The normalized spacial score (nSPS) is 25.1. The lowest BCUT2D eigenvalue weighted by atomic mass is 9.70. The van der Waals surface area contributed by atoms with E-state index < -0.39 is 0 Å². The van der Waals surface area contributed by atoms with Gasteiger partial charge in [-0.1, -0.05) is 11.6 Å². The van der Waals surface area contributed by atoms with Crippen molar-refractivity contribution in [3.63, 3.8) is 0 Å². The molecular weight excluding hydrogens is 388 g/mol. The summed E-state index contributed by atoms with van der Waals surface area (Å²) >= 11 is 6.25. The predicted octanol–water partition coefficient (Wildman–Crippen LogP) is 4.58. The van der Waals surface area contributed by atoms with Crippen LogP contribution in [0.4, 0.5) is 0 Å². The monoisotopic (exact) mass is 412 g/mol. The van der Waals surface area contributed by atoms with Gasteiger partial charge in [0.1, 0.15) is 11.4 Å². The number of pyridine rings is 1. The summed E-state index contributed by atoms with van der Waals surface area (Å²) in [6.07, 6.45) is 5.48. The number of benzene rings is 1. The zero-order chi connectivity index (χ0) is 20.0. The Bertz CT molecular complexity index is 939. The number of piperidine rings is 1. The highest BCUT2D eigenvalue weighted by Gasteiger charge is 2.52. The molecule has 5 nitrogen and oxygen atoms in total. The van der Waals surface area contributed by atoms with Gasteiger partial charge in [-0.15, -0.1) is 0 Å². The van der Waals surface area contributed by atoms with Crippen molar-refractivity contribution in [3.05, 3.63) is 58.4 Å². The standard InChI is InChI=1S/C23H25ClN2O3/c1-15-17(4-2-10-25-15)22(27)26-11-8-23(9-12-26)19-5-3-13-28-21(19)18-14-16(24)6-7-20(18)29-23/h2,4,6-7,10,14,19,21H,3,5,8-9,11-13H2,1H3/t19-,21+/m0/s1. The molecule has 0 bridgehead atoms. The molecule has 6 heteroatoms. The largest absolute Gasteiger partial charge is 0.486 e. The van der Waals surface area contributed by atoms with E-state index in [0.29, 0.717) is 29.6 Å². The van der Waals surface area contributed by atoms with E-state index >= 15 is 0 Å². The Morgan fingerprint density at radius 1 is 1.28 bits per heavy atom. The van der Waals surface area contributed by atoms with Crippen molar-refractivity contribution < 1.29 is 14.3 Å². The van der Waals surface area contributed by atoms with E-state index in [0.717, 1.165) is 49.3 Å². The van der Waals surface area contributed by atoms with Crippen molar-refractivity contribution in [2.45, 2.75) is 44.3 Å². The highest BCUT2D eigenvalue weighted by molar-refractivity contribution is 6.30. The third kappa shape index (κ3) is 3.21. The molecule has 5 rings (SSSR count). The highest BCUT2D eigenvalue weighted by Crippen LogP contribution is 2.53. The first-order chi connectivity index (χ1) is 14.1. The van der Waals surface area contributed by atoms with Crippen molar-refractivity contribution >= 4 is 17.5 Å². The summed E-state index contributed by atoms with van der Waals surface area (Å²) in [7, 11) is 0. The lowest BCUT2D eigenvalue weighted by molar-refractivity contribution is -0.147. The van der Waals surface area contributed by atoms with Gasteiger partial charge in [0.05, 0.1) is 11.7 Å². The number of amides is 1. The first kappa shape index (κ1) is 18.9. The molecule has 0 unspecified atom stereocenters. The van der Waals surface area contributed by atoms with E-state index in [4.69, 9.17) is 21.1 Å². The van der Waals surface area contributed by atoms with E-state index in [1.54, 1.807) is 6.20 Å². The Labute approximate surface area is 176 Å². The maximum Gasteiger partial charge on any atom is 0.255 e. The Kier molecular flexibility index (Phi) is 4.75. The topological polar surface area (TPSA) is 51.7 Å². The SMILES string of the molecule is Cc1ncccc1C(=O)N1CCC2(CC1)Oc1ccc(Cl)cc1[C@H]1OCCC[C@@H]12. The molecule has 2 fully saturated rings. The molecule has 2 atom stereocenters. The van der Waals surface area contributed by atoms with E-state index in [1.165, 1.54) is 0 Å². The molecule has 3 aliphatic rings. The van der Waals surface area contributed by atoms with Crippen LogP contribution in [-0.4, -0.2) is 41.1 Å². The fourth-order valence-corrected chi connectivity index (χ4v) is 5.38. The maximum absolute atomic E-state index is 13.0. The van der Waals surface area contributed by atoms with Gasteiger partial charge in [0, 0.05) is 60.9 Å². The predicted molar refractivity (Wildman–Crippen MR) is 110 cm³/mol. The molecule has 152 valence electrons. The second-order valence-electron chi connectivity index (χ2n) is 8.32. The van der Waals surface area contributed by atoms with Gasteiger partial charge in [0.15, 0.2) is 0 Å². The van der Waals surface area contributed by atoms with Crippen LogP contribution in [0, 0.1) is 12.8 Å². The van der Waals surface area contributed by atoms with Crippen molar-refractivity contribution in [2.24, 2.45) is 5.92 Å². The molecule has 0 saturated carbocycles. The fraction of sp³-hybridized carbons (Fsp3) is 0.478. The summed E-state index contributed by atoms with van der Waals surface area (Å²) in [5.41, 5.74) is 2.25. The Morgan fingerprint density at radius 2 is 2.10 bits per heavy atom. The number of fused-ring (bicyclic) bond motifs is 4. The molecule has 0 aliphatic carbocycles. The molecular formula is C23H25ClN2O3. The number of carbonyl (C=O) groups is 1. The van der Waals surface area contributed by atoms with Crippen molar-refractivity contribution in [1.29, 1.82) is 0 Å². The van der Waals surface area contributed by atoms with Crippen LogP contribution in [0.1, 0.15) is 53.4 Å². The fourth-order valence-electron chi connectivity index (χ4n) is 5.20. The Morgan fingerprint density at radius 3 is 2.90 bits per heavy atom. The number of halogens is 1. The van der Waals surface area contributed by atoms with Crippen LogP contribution < -0.4 is 4.74 Å². The van der Waals surface area contributed by atoms with Crippen molar-refractivity contribution in [3.8, 4) is 5.75 Å². The van der Waals surface area contributed by atoms with Crippen LogP contribution in [0.5, 0.6) is 5.75 Å². The number of likely N-dealkylation sites (tertiary alicyclic amines) is 1. The smallest absolute Gasteiger partial charge is 0.255 e. The Balaban J connectivity index is 1.40. The number of aromatic nitrogens is 1. The summed E-state index contributed by atoms with van der Waals surface area (Å²) in [5, 5.41) is 0.712. The summed E-state index contributed by atoms with van der Waals surface area (Å²) in [5.74, 6) is 1.23. The second kappa shape index (κ2) is 7.29. The van der Waals surface area contributed by atoms with E-state index in [1.807, 2.05) is 42.2 Å². The van der Waals surface area contributed by atoms with Crippen molar-refractivity contribution in [1.82, 2.24) is 9.88 Å². The minimum Gasteiger partial charge on any atom is -0.486 e. The van der Waals surface area contributed by atoms with Gasteiger partial charge in [0.25, 0.3) is 5.91 Å². The third-order valence-electron chi connectivity index (χ3n) is 6.72. The summed E-state index contributed by atoms with van der Waals surface area (Å²) in [6, 6.07) is 9.50. The van der Waals surface area contributed by atoms with Crippen LogP contribution in [-0.2, 0) is 4.74 Å². The number of hydrogen-bond donors (Lipinski definition) is 0. The first-order valence-corrected chi connectivity index (χ1v) is 10.8. The van der Waals surface area contributed by atoms with Crippen LogP contribution in [0.3, 0.4) is 0 Å². The molecule has 0 radical (unpaired) electrons. The van der Waals surface area contributed by atoms with Gasteiger partial charge in [-0.05, 0) is 50.1 Å². The molecule has 29 heavy (non-hydrogen) atoms. The van der Waals surface area contributed by atoms with Gasteiger partial charge in [0.2, 0.25) is 0 Å². The van der Waals surface area contributed by atoms with Gasteiger partial charge in [-0.25, -0.2) is 0 Å². The number of ether oxygens (including phenoxy) is 2. The van der Waals surface area contributed by atoms with Gasteiger partial charge >= 0.3 is 0 Å². The maximum atomic E-state index is 13.0. The number of aryl methyl sites for hydroxylation is 1. The molecule has 2 saturated heterocycles. The summed E-state index contributed by atoms with van der Waals surface area (Å²) in [4.78, 5) is 19.2. The molecule has 1 aromatic heterocycles. The van der Waals surface area contributed by atoms with Crippen LogP contribution in [0.2, 0.25) is 5.02 Å². The van der Waals surface area contributed by atoms with E-state index in [2.05, 4.69) is 4.98 Å². The average Bonchev–Trinajstić information content (AvgIpc) is 2.75. The number of hydrogen-bond acceptors (Lipinski definition) is 4. The van der Waals surface area contributed by atoms with Crippen LogP contribution >= 0.6 is 11.6 Å². The molecule has 2 aromatic rings. The summed E-state index contributed by atoms with van der Waals surface area (Å²) < 4.78 is 12.9. The molecule has 1 amide bonds. The minimum atomic E-state index is -0.285. The van der Waals surface area contributed by atoms with Crippen LogP contribution in [0.25, 0.3) is 0 Å². The lowest BCUT2D eigenvalue weighted by Gasteiger charge is -2.53. The molecule has 3 aliphatic heterocycles. The second-order valence-corrected chi connectivity index (χ2v) is 8.75. The minimum absolute atomic E-state index is 0.0222.